The summed E-state index contributed by atoms with van der Waals surface area (Å²) in [6, 6.07) is 2.48. The average Bonchev–Trinajstić information content (AvgIpc) is 2.97. The van der Waals surface area contributed by atoms with Gasteiger partial charge in [-0.3, -0.25) is 9.58 Å². The molecule has 1 N–H and O–H groups in total. The smallest absolute Gasteiger partial charge is 0.150 e. The molecule has 0 aliphatic carbocycles. The highest BCUT2D eigenvalue weighted by Crippen LogP contribution is 2.24. The lowest BCUT2D eigenvalue weighted by atomic mass is 10.0. The quantitative estimate of drug-likeness (QED) is 0.792. The first-order valence-corrected chi connectivity index (χ1v) is 11.3. The third-order valence-electron chi connectivity index (χ3n) is 5.26. The first kappa shape index (κ1) is 18.8. The lowest BCUT2D eigenvalue weighted by Crippen LogP contribution is -2.47. The highest BCUT2D eigenvalue weighted by atomic mass is 32.2. The van der Waals surface area contributed by atoms with Gasteiger partial charge in [-0.2, -0.15) is 5.10 Å². The van der Waals surface area contributed by atoms with Gasteiger partial charge in [-0.25, -0.2) is 8.42 Å². The van der Waals surface area contributed by atoms with Crippen molar-refractivity contribution in [1.82, 2.24) is 19.6 Å². The van der Waals surface area contributed by atoms with Crippen LogP contribution in [0.3, 0.4) is 0 Å². The number of rotatable bonds is 6. The standard InChI is InChI=1S/C17H30N4O3S/c1-3-6-19-7-4-14(5-8-19)20-9-10-21-15(12-20)11-16(18-21)17(22)13-25(2,23)24/h11,14,17,22H,3-10,12-13H2,1-2H3. The second-order valence-electron chi connectivity index (χ2n) is 7.44. The van der Waals surface area contributed by atoms with Crippen molar-refractivity contribution in [3.8, 4) is 0 Å². The molecule has 8 heteroatoms. The highest BCUT2D eigenvalue weighted by Gasteiger charge is 2.29. The van der Waals surface area contributed by atoms with Crippen LogP contribution in [0, 0.1) is 0 Å². The molecule has 0 bridgehead atoms. The normalized spacial score (nSPS) is 22.0. The van der Waals surface area contributed by atoms with E-state index in [9.17, 15) is 13.5 Å². The van der Waals surface area contributed by atoms with Gasteiger partial charge in [-0.15, -0.1) is 0 Å². The van der Waals surface area contributed by atoms with Gasteiger partial charge in [0.2, 0.25) is 0 Å². The van der Waals surface area contributed by atoms with Crippen LogP contribution in [0.15, 0.2) is 6.07 Å². The number of aliphatic hydroxyl groups is 1. The minimum Gasteiger partial charge on any atom is -0.386 e. The monoisotopic (exact) mass is 370 g/mol. The van der Waals surface area contributed by atoms with Crippen LogP contribution < -0.4 is 0 Å². The van der Waals surface area contributed by atoms with Crippen LogP contribution in [0.1, 0.15) is 43.7 Å². The number of likely N-dealkylation sites (tertiary alicyclic amines) is 1. The fraction of sp³-hybridized carbons (Fsp3) is 0.824. The van der Waals surface area contributed by atoms with Gasteiger partial charge in [-0.05, 0) is 45.0 Å². The number of aliphatic hydroxyl groups excluding tert-OH is 1. The van der Waals surface area contributed by atoms with Crippen molar-refractivity contribution in [2.45, 2.75) is 51.4 Å². The van der Waals surface area contributed by atoms with Crippen LogP contribution in [0.4, 0.5) is 0 Å². The summed E-state index contributed by atoms with van der Waals surface area (Å²) in [5.74, 6) is -0.275. The molecule has 3 rings (SSSR count). The van der Waals surface area contributed by atoms with Crippen LogP contribution in [0.5, 0.6) is 0 Å². The number of sulfone groups is 1. The Morgan fingerprint density at radius 1 is 1.28 bits per heavy atom. The minimum atomic E-state index is -3.23. The summed E-state index contributed by atoms with van der Waals surface area (Å²) in [5, 5.41) is 14.5. The van der Waals surface area contributed by atoms with E-state index in [-0.39, 0.29) is 5.75 Å². The summed E-state index contributed by atoms with van der Waals surface area (Å²) >= 11 is 0. The zero-order chi connectivity index (χ0) is 18.0. The van der Waals surface area contributed by atoms with Crippen molar-refractivity contribution in [2.75, 3.05) is 38.2 Å². The maximum absolute atomic E-state index is 11.4. The third-order valence-corrected chi connectivity index (χ3v) is 6.18. The number of hydrogen-bond donors (Lipinski definition) is 1. The van der Waals surface area contributed by atoms with Gasteiger partial charge >= 0.3 is 0 Å². The van der Waals surface area contributed by atoms with Crippen molar-refractivity contribution in [1.29, 1.82) is 0 Å². The fourth-order valence-corrected chi connectivity index (χ4v) is 4.72. The zero-order valence-corrected chi connectivity index (χ0v) is 16.1. The molecule has 0 spiro atoms. The van der Waals surface area contributed by atoms with E-state index < -0.39 is 15.9 Å². The number of fused-ring (bicyclic) bond motifs is 1. The number of hydrogen-bond acceptors (Lipinski definition) is 6. The van der Waals surface area contributed by atoms with Crippen LogP contribution in [0.25, 0.3) is 0 Å². The van der Waals surface area contributed by atoms with E-state index >= 15 is 0 Å². The Bertz CT molecular complexity index is 680. The Kier molecular flexibility index (Phi) is 5.82. The molecular weight excluding hydrogens is 340 g/mol. The van der Waals surface area contributed by atoms with Gasteiger partial charge in [0.05, 0.1) is 23.7 Å². The molecule has 25 heavy (non-hydrogen) atoms. The van der Waals surface area contributed by atoms with E-state index in [2.05, 4.69) is 21.8 Å². The van der Waals surface area contributed by atoms with E-state index in [1.54, 1.807) is 0 Å². The first-order chi connectivity index (χ1) is 11.9. The molecule has 0 radical (unpaired) electrons. The predicted octanol–water partition coefficient (Wildman–Crippen LogP) is 0.651. The molecule has 0 aromatic carbocycles. The van der Waals surface area contributed by atoms with Crippen molar-refractivity contribution in [3.63, 3.8) is 0 Å². The lowest BCUT2D eigenvalue weighted by Gasteiger charge is -2.40. The highest BCUT2D eigenvalue weighted by molar-refractivity contribution is 7.90. The molecule has 1 aromatic rings. The summed E-state index contributed by atoms with van der Waals surface area (Å²) in [7, 11) is -3.23. The molecule has 3 heterocycles. The molecule has 2 aliphatic rings. The molecule has 0 saturated carbocycles. The molecule has 0 amide bonds. The Labute approximate surface area is 150 Å². The molecular formula is C17H30N4O3S. The SMILES string of the molecule is CCCN1CCC(N2CCn3nc(C(O)CS(C)(=O)=O)cc3C2)CC1. The molecule has 1 atom stereocenters. The Morgan fingerprint density at radius 3 is 2.64 bits per heavy atom. The molecule has 1 saturated heterocycles. The maximum Gasteiger partial charge on any atom is 0.150 e. The molecule has 1 fully saturated rings. The van der Waals surface area contributed by atoms with Crippen LogP contribution in [0.2, 0.25) is 0 Å². The van der Waals surface area contributed by atoms with E-state index in [1.807, 2.05) is 10.7 Å². The van der Waals surface area contributed by atoms with Gasteiger partial charge in [0.25, 0.3) is 0 Å². The summed E-state index contributed by atoms with van der Waals surface area (Å²) in [6.07, 6.45) is 3.72. The largest absolute Gasteiger partial charge is 0.386 e. The van der Waals surface area contributed by atoms with Gasteiger partial charge in [0.1, 0.15) is 15.9 Å². The molecule has 1 unspecified atom stereocenters. The fourth-order valence-electron chi connectivity index (χ4n) is 3.98. The van der Waals surface area contributed by atoms with Crippen LogP contribution in [-0.2, 0) is 22.9 Å². The first-order valence-electron chi connectivity index (χ1n) is 9.24. The van der Waals surface area contributed by atoms with E-state index in [0.717, 1.165) is 31.6 Å². The van der Waals surface area contributed by atoms with Gasteiger partial charge in [0, 0.05) is 25.4 Å². The lowest BCUT2D eigenvalue weighted by molar-refractivity contribution is 0.0848. The number of piperidine rings is 1. The molecule has 7 nitrogen and oxygen atoms in total. The van der Waals surface area contributed by atoms with Gasteiger partial charge in [0.15, 0.2) is 0 Å². The topological polar surface area (TPSA) is 78.7 Å². The van der Waals surface area contributed by atoms with E-state index in [0.29, 0.717) is 11.7 Å². The Balaban J connectivity index is 1.60. The summed E-state index contributed by atoms with van der Waals surface area (Å²) < 4.78 is 24.7. The van der Waals surface area contributed by atoms with Crippen LogP contribution in [-0.4, -0.2) is 77.3 Å². The third kappa shape index (κ3) is 4.81. The van der Waals surface area contributed by atoms with Crippen molar-refractivity contribution in [3.05, 3.63) is 17.5 Å². The van der Waals surface area contributed by atoms with Crippen molar-refractivity contribution >= 4 is 9.84 Å². The molecule has 1 aromatic heterocycles. The second-order valence-corrected chi connectivity index (χ2v) is 9.62. The van der Waals surface area contributed by atoms with E-state index in [4.69, 9.17) is 0 Å². The van der Waals surface area contributed by atoms with Crippen LogP contribution >= 0.6 is 0 Å². The average molecular weight is 371 g/mol. The zero-order valence-electron chi connectivity index (χ0n) is 15.3. The van der Waals surface area contributed by atoms with E-state index in [1.165, 1.54) is 38.9 Å². The second kappa shape index (κ2) is 7.73. The predicted molar refractivity (Wildman–Crippen MR) is 97.1 cm³/mol. The summed E-state index contributed by atoms with van der Waals surface area (Å²) in [5.41, 5.74) is 1.55. The molecule has 142 valence electrons. The van der Waals surface area contributed by atoms with Gasteiger partial charge in [-0.1, -0.05) is 6.92 Å². The van der Waals surface area contributed by atoms with Gasteiger partial charge < -0.3 is 10.0 Å². The number of aromatic nitrogens is 2. The Morgan fingerprint density at radius 2 is 2.00 bits per heavy atom. The summed E-state index contributed by atoms with van der Waals surface area (Å²) in [6.45, 7) is 8.37. The number of nitrogens with zero attached hydrogens (tertiary/aromatic N) is 4. The van der Waals surface area contributed by atoms with Crippen molar-refractivity contribution in [2.24, 2.45) is 0 Å². The maximum atomic E-state index is 11.4. The summed E-state index contributed by atoms with van der Waals surface area (Å²) in [4.78, 5) is 5.07. The van der Waals surface area contributed by atoms with Crippen molar-refractivity contribution < 1.29 is 13.5 Å². The Hall–Kier alpha value is -0.960. The molecule has 2 aliphatic heterocycles. The minimum absolute atomic E-state index is 0.275.